The molecule has 1 aromatic carbocycles. The standard InChI is InChI=1S/C22H32F3N3O2/c1-15-10-16(2)12-18(11-15)21(30)26-13-17-5-8-27(9-6-17)14-20(29)28-7-3-4-19(28)22(23,24)25/h10-12,17,19,21,26,30H,3-9,13-14H2,1-2H3/t19-,21?/m0/s1. The van der Waals surface area contributed by atoms with Crippen molar-refractivity contribution in [1.82, 2.24) is 15.1 Å². The van der Waals surface area contributed by atoms with E-state index in [1.807, 2.05) is 30.9 Å². The number of nitrogens with zero attached hydrogens (tertiary/aromatic N) is 2. The number of carbonyl (C=O) groups excluding carboxylic acids is 1. The van der Waals surface area contributed by atoms with Crippen molar-refractivity contribution >= 4 is 5.91 Å². The molecule has 168 valence electrons. The van der Waals surface area contributed by atoms with Gasteiger partial charge >= 0.3 is 6.18 Å². The molecule has 0 radical (unpaired) electrons. The molecule has 3 rings (SSSR count). The van der Waals surface area contributed by atoms with Gasteiger partial charge in [-0.1, -0.05) is 29.3 Å². The van der Waals surface area contributed by atoms with Crippen LogP contribution < -0.4 is 5.32 Å². The van der Waals surface area contributed by atoms with Crippen molar-refractivity contribution in [2.75, 3.05) is 32.7 Å². The molecule has 2 atom stereocenters. The highest BCUT2D eigenvalue weighted by Gasteiger charge is 2.47. The van der Waals surface area contributed by atoms with E-state index in [4.69, 9.17) is 0 Å². The molecule has 0 saturated carbocycles. The van der Waals surface area contributed by atoms with E-state index in [0.717, 1.165) is 34.4 Å². The van der Waals surface area contributed by atoms with Crippen LogP contribution in [0, 0.1) is 19.8 Å². The average Bonchev–Trinajstić information content (AvgIpc) is 3.17. The van der Waals surface area contributed by atoms with E-state index in [9.17, 15) is 23.1 Å². The predicted octanol–water partition coefficient (Wildman–Crippen LogP) is 3.15. The molecule has 2 aliphatic rings. The molecule has 8 heteroatoms. The number of nitrogens with one attached hydrogen (secondary N) is 1. The molecule has 0 aromatic heterocycles. The van der Waals surface area contributed by atoms with Crippen molar-refractivity contribution in [3.05, 3.63) is 34.9 Å². The fourth-order valence-corrected chi connectivity index (χ4v) is 4.60. The number of benzene rings is 1. The Morgan fingerprint density at radius 3 is 2.37 bits per heavy atom. The van der Waals surface area contributed by atoms with Gasteiger partial charge in [-0.25, -0.2) is 0 Å². The summed E-state index contributed by atoms with van der Waals surface area (Å²) in [4.78, 5) is 15.4. The molecule has 1 amide bonds. The number of aliphatic hydroxyl groups excluding tert-OH is 1. The SMILES string of the molecule is Cc1cc(C)cc(C(O)NCC2CCN(CC(=O)N3CCC[C@H]3C(F)(F)F)CC2)c1. The van der Waals surface area contributed by atoms with Gasteiger partial charge in [0.25, 0.3) is 0 Å². The lowest BCUT2D eigenvalue weighted by atomic mass is 9.96. The summed E-state index contributed by atoms with van der Waals surface area (Å²) in [6.07, 6.45) is -2.96. The Balaban J connectivity index is 1.42. The normalized spacial score (nSPS) is 22.5. The van der Waals surface area contributed by atoms with E-state index in [2.05, 4.69) is 11.4 Å². The first-order valence-electron chi connectivity index (χ1n) is 10.7. The van der Waals surface area contributed by atoms with Crippen LogP contribution in [0.4, 0.5) is 13.2 Å². The number of hydrogen-bond acceptors (Lipinski definition) is 4. The second-order valence-electron chi connectivity index (χ2n) is 8.74. The van der Waals surface area contributed by atoms with Crippen molar-refractivity contribution in [3.63, 3.8) is 0 Å². The molecule has 2 heterocycles. The monoisotopic (exact) mass is 427 g/mol. The first-order chi connectivity index (χ1) is 14.1. The first kappa shape index (κ1) is 23.0. The van der Waals surface area contributed by atoms with E-state index in [1.165, 1.54) is 0 Å². The number of hydrogen-bond donors (Lipinski definition) is 2. The van der Waals surface area contributed by atoms with Crippen molar-refractivity contribution in [3.8, 4) is 0 Å². The number of rotatable bonds is 6. The van der Waals surface area contributed by atoms with Gasteiger partial charge in [0.15, 0.2) is 0 Å². The molecular weight excluding hydrogens is 395 g/mol. The number of amides is 1. The molecule has 0 bridgehead atoms. The summed E-state index contributed by atoms with van der Waals surface area (Å²) in [5.41, 5.74) is 3.06. The van der Waals surface area contributed by atoms with Gasteiger partial charge in [-0.15, -0.1) is 0 Å². The fourth-order valence-electron chi connectivity index (χ4n) is 4.60. The maximum atomic E-state index is 13.1. The van der Waals surface area contributed by atoms with Crippen LogP contribution in [0.15, 0.2) is 18.2 Å². The second kappa shape index (κ2) is 9.66. The minimum absolute atomic E-state index is 0.00573. The molecule has 5 nitrogen and oxygen atoms in total. The Bertz CT molecular complexity index is 713. The van der Waals surface area contributed by atoms with Crippen LogP contribution in [-0.2, 0) is 4.79 Å². The van der Waals surface area contributed by atoms with Crippen LogP contribution in [0.1, 0.15) is 48.6 Å². The summed E-state index contributed by atoms with van der Waals surface area (Å²) in [6, 6.07) is 4.36. The van der Waals surface area contributed by atoms with E-state index in [1.54, 1.807) is 0 Å². The van der Waals surface area contributed by atoms with Crippen LogP contribution in [0.25, 0.3) is 0 Å². The van der Waals surface area contributed by atoms with Gasteiger partial charge in [0.2, 0.25) is 5.91 Å². The van der Waals surface area contributed by atoms with Crippen LogP contribution >= 0.6 is 0 Å². The topological polar surface area (TPSA) is 55.8 Å². The molecule has 0 spiro atoms. The first-order valence-corrected chi connectivity index (χ1v) is 10.7. The van der Waals surface area contributed by atoms with Gasteiger partial charge in [0.1, 0.15) is 12.3 Å². The maximum Gasteiger partial charge on any atom is 0.408 e. The number of aryl methyl sites for hydroxylation is 2. The lowest BCUT2D eigenvalue weighted by Gasteiger charge is -2.34. The summed E-state index contributed by atoms with van der Waals surface area (Å²) in [5, 5.41) is 13.6. The van der Waals surface area contributed by atoms with Crippen molar-refractivity contribution < 1.29 is 23.1 Å². The molecule has 2 N–H and O–H groups in total. The largest absolute Gasteiger partial charge is 0.408 e. The van der Waals surface area contributed by atoms with Crippen LogP contribution in [0.3, 0.4) is 0 Å². The van der Waals surface area contributed by atoms with Gasteiger partial charge in [-0.05, 0) is 64.1 Å². The zero-order valence-corrected chi connectivity index (χ0v) is 17.7. The van der Waals surface area contributed by atoms with Gasteiger partial charge in [0.05, 0.1) is 6.54 Å². The third kappa shape index (κ3) is 5.95. The summed E-state index contributed by atoms with van der Waals surface area (Å²) < 4.78 is 39.2. The van der Waals surface area contributed by atoms with Crippen molar-refractivity contribution in [1.29, 1.82) is 0 Å². The van der Waals surface area contributed by atoms with Gasteiger partial charge in [-0.2, -0.15) is 13.2 Å². The van der Waals surface area contributed by atoms with E-state index in [-0.39, 0.29) is 19.5 Å². The Kier molecular flexibility index (Phi) is 7.42. The van der Waals surface area contributed by atoms with E-state index in [0.29, 0.717) is 32.0 Å². The Morgan fingerprint density at radius 2 is 1.77 bits per heavy atom. The van der Waals surface area contributed by atoms with Crippen molar-refractivity contribution in [2.45, 2.75) is 58.0 Å². The Hall–Kier alpha value is -1.64. The summed E-state index contributed by atoms with van der Waals surface area (Å²) in [5.74, 6) is -0.0525. The third-order valence-electron chi connectivity index (χ3n) is 6.18. The predicted molar refractivity (Wildman–Crippen MR) is 109 cm³/mol. The zero-order chi connectivity index (χ0) is 21.9. The van der Waals surface area contributed by atoms with Crippen LogP contribution in [-0.4, -0.2) is 65.8 Å². The quantitative estimate of drug-likeness (QED) is 0.685. The highest BCUT2D eigenvalue weighted by Crippen LogP contribution is 2.32. The van der Waals surface area contributed by atoms with Crippen LogP contribution in [0.2, 0.25) is 0 Å². The highest BCUT2D eigenvalue weighted by atomic mass is 19.4. The molecule has 2 aliphatic heterocycles. The number of aliphatic hydroxyl groups is 1. The average molecular weight is 428 g/mol. The molecule has 2 saturated heterocycles. The number of halogens is 3. The van der Waals surface area contributed by atoms with Crippen LogP contribution in [0.5, 0.6) is 0 Å². The number of carbonyl (C=O) groups is 1. The molecular formula is C22H32F3N3O2. The number of alkyl halides is 3. The highest BCUT2D eigenvalue weighted by molar-refractivity contribution is 5.79. The van der Waals surface area contributed by atoms with Gasteiger partial charge in [0, 0.05) is 13.1 Å². The fraction of sp³-hybridized carbons (Fsp3) is 0.682. The van der Waals surface area contributed by atoms with E-state index < -0.39 is 24.4 Å². The molecule has 1 aromatic rings. The number of likely N-dealkylation sites (tertiary alicyclic amines) is 2. The summed E-state index contributed by atoms with van der Waals surface area (Å²) >= 11 is 0. The lowest BCUT2D eigenvalue weighted by Crippen LogP contribution is -2.49. The maximum absolute atomic E-state index is 13.1. The van der Waals surface area contributed by atoms with Gasteiger partial charge < -0.3 is 10.0 Å². The van der Waals surface area contributed by atoms with E-state index >= 15 is 0 Å². The van der Waals surface area contributed by atoms with Gasteiger partial charge in [-0.3, -0.25) is 15.0 Å². The molecule has 2 fully saturated rings. The second-order valence-corrected chi connectivity index (χ2v) is 8.74. The summed E-state index contributed by atoms with van der Waals surface area (Å²) in [6.45, 7) is 6.28. The Morgan fingerprint density at radius 1 is 1.13 bits per heavy atom. The molecule has 0 aliphatic carbocycles. The summed E-state index contributed by atoms with van der Waals surface area (Å²) in [7, 11) is 0. The lowest BCUT2D eigenvalue weighted by molar-refractivity contribution is -0.183. The smallest absolute Gasteiger partial charge is 0.374 e. The molecule has 30 heavy (non-hydrogen) atoms. The third-order valence-corrected chi connectivity index (χ3v) is 6.18. The Labute approximate surface area is 176 Å². The van der Waals surface area contributed by atoms with Crippen molar-refractivity contribution in [2.24, 2.45) is 5.92 Å². The minimum Gasteiger partial charge on any atom is -0.374 e. The number of piperidine rings is 1. The zero-order valence-electron chi connectivity index (χ0n) is 17.7. The molecule has 1 unspecified atom stereocenters. The minimum atomic E-state index is -4.35.